The van der Waals surface area contributed by atoms with Gasteiger partial charge in [-0.15, -0.1) is 10.2 Å². The number of carbonyl (C=O) groups is 1. The summed E-state index contributed by atoms with van der Waals surface area (Å²) in [5.41, 5.74) is 0.603. The summed E-state index contributed by atoms with van der Waals surface area (Å²) < 4.78 is 16.9. The number of halogens is 1. The van der Waals surface area contributed by atoms with Gasteiger partial charge >= 0.3 is 0 Å². The molecule has 0 bridgehead atoms. The van der Waals surface area contributed by atoms with Gasteiger partial charge in [-0.3, -0.25) is 13.9 Å². The van der Waals surface area contributed by atoms with Crippen LogP contribution in [0.1, 0.15) is 29.5 Å². The molecule has 0 unspecified atom stereocenters. The van der Waals surface area contributed by atoms with E-state index in [0.29, 0.717) is 11.7 Å². The minimum absolute atomic E-state index is 0.0228. The molecule has 1 fully saturated rings. The lowest BCUT2D eigenvalue weighted by molar-refractivity contribution is 0.101. The van der Waals surface area contributed by atoms with Gasteiger partial charge in [-0.1, -0.05) is 0 Å². The first-order valence-electron chi connectivity index (χ1n) is 8.15. The zero-order chi connectivity index (χ0) is 17.4. The third-order valence-corrected chi connectivity index (χ3v) is 4.51. The van der Waals surface area contributed by atoms with Gasteiger partial charge in [0.25, 0.3) is 5.91 Å². The molecule has 9 heteroatoms. The van der Waals surface area contributed by atoms with Gasteiger partial charge in [-0.2, -0.15) is 5.10 Å². The summed E-state index contributed by atoms with van der Waals surface area (Å²) in [6, 6.07) is 3.11. The Bertz CT molecular complexity index is 910. The van der Waals surface area contributed by atoms with Crippen molar-refractivity contribution in [2.75, 3.05) is 25.5 Å². The number of hydrogen-bond acceptors (Lipinski definition) is 5. The second kappa shape index (κ2) is 6.25. The maximum absolute atomic E-state index is 13.7. The van der Waals surface area contributed by atoms with E-state index in [1.165, 1.54) is 16.5 Å². The number of nitrogens with one attached hydrogen (secondary N) is 1. The number of aromatic nitrogens is 5. The van der Waals surface area contributed by atoms with Crippen molar-refractivity contribution in [1.82, 2.24) is 29.3 Å². The van der Waals surface area contributed by atoms with Crippen LogP contribution in [-0.2, 0) is 0 Å². The maximum atomic E-state index is 13.7. The number of piperidine rings is 1. The number of nitrogens with zero attached hydrogens (tertiary/aromatic N) is 6. The lowest BCUT2D eigenvalue weighted by Crippen LogP contribution is -2.31. The van der Waals surface area contributed by atoms with Gasteiger partial charge in [0.05, 0.1) is 17.9 Å². The fourth-order valence-corrected chi connectivity index (χ4v) is 3.09. The summed E-state index contributed by atoms with van der Waals surface area (Å²) in [7, 11) is 2.11. The van der Waals surface area contributed by atoms with Crippen LogP contribution in [0, 0.1) is 5.82 Å². The molecule has 1 saturated heterocycles. The van der Waals surface area contributed by atoms with Crippen LogP contribution in [0.15, 0.2) is 30.7 Å². The molecule has 1 aliphatic rings. The molecule has 0 aromatic carbocycles. The van der Waals surface area contributed by atoms with E-state index in [1.54, 1.807) is 12.4 Å². The Hall–Kier alpha value is -2.81. The SMILES string of the molecule is CN1CCC(n2cc(NC(=O)c3nnc4c(F)cccn34)cn2)CC1. The summed E-state index contributed by atoms with van der Waals surface area (Å²) in [5, 5.41) is 14.6. The lowest BCUT2D eigenvalue weighted by Gasteiger charge is -2.28. The Balaban J connectivity index is 1.50. The molecule has 3 aromatic rings. The molecule has 8 nitrogen and oxygen atoms in total. The second-order valence-corrected chi connectivity index (χ2v) is 6.27. The predicted octanol–water partition coefficient (Wildman–Crippen LogP) is 1.58. The highest BCUT2D eigenvalue weighted by molar-refractivity contribution is 6.01. The normalized spacial score (nSPS) is 16.4. The summed E-state index contributed by atoms with van der Waals surface area (Å²) in [4.78, 5) is 14.7. The van der Waals surface area contributed by atoms with E-state index in [-0.39, 0.29) is 11.5 Å². The minimum atomic E-state index is -0.524. The molecule has 1 aliphatic heterocycles. The van der Waals surface area contributed by atoms with E-state index >= 15 is 0 Å². The summed E-state index contributed by atoms with van der Waals surface area (Å²) in [6.07, 6.45) is 7.03. The summed E-state index contributed by atoms with van der Waals surface area (Å²) in [6.45, 7) is 2.06. The second-order valence-electron chi connectivity index (χ2n) is 6.27. The molecular weight excluding hydrogens is 325 g/mol. The highest BCUT2D eigenvalue weighted by Gasteiger charge is 2.20. The highest BCUT2D eigenvalue weighted by atomic mass is 19.1. The molecular formula is C16H18FN7O. The van der Waals surface area contributed by atoms with Gasteiger partial charge in [-0.25, -0.2) is 4.39 Å². The molecule has 0 atom stereocenters. The molecule has 4 heterocycles. The Morgan fingerprint density at radius 1 is 1.32 bits per heavy atom. The number of rotatable bonds is 3. The average Bonchev–Trinajstić information content (AvgIpc) is 3.23. The van der Waals surface area contributed by atoms with E-state index in [2.05, 4.69) is 32.6 Å². The van der Waals surface area contributed by atoms with E-state index in [1.807, 2.05) is 10.9 Å². The molecule has 4 rings (SSSR count). The van der Waals surface area contributed by atoms with Crippen LogP contribution in [-0.4, -0.2) is 55.3 Å². The number of pyridine rings is 1. The number of anilines is 1. The zero-order valence-electron chi connectivity index (χ0n) is 13.8. The van der Waals surface area contributed by atoms with Crippen molar-refractivity contribution in [2.45, 2.75) is 18.9 Å². The lowest BCUT2D eigenvalue weighted by atomic mass is 10.1. The number of fused-ring (bicyclic) bond motifs is 1. The minimum Gasteiger partial charge on any atom is -0.317 e. The van der Waals surface area contributed by atoms with Crippen molar-refractivity contribution < 1.29 is 9.18 Å². The van der Waals surface area contributed by atoms with Crippen molar-refractivity contribution in [3.63, 3.8) is 0 Å². The van der Waals surface area contributed by atoms with Crippen LogP contribution in [0.25, 0.3) is 5.65 Å². The quantitative estimate of drug-likeness (QED) is 0.781. The van der Waals surface area contributed by atoms with Crippen LogP contribution in [0.3, 0.4) is 0 Å². The van der Waals surface area contributed by atoms with Gasteiger partial charge in [0.2, 0.25) is 5.82 Å². The monoisotopic (exact) mass is 343 g/mol. The number of carbonyl (C=O) groups excluding carboxylic acids is 1. The van der Waals surface area contributed by atoms with Crippen molar-refractivity contribution in [3.8, 4) is 0 Å². The molecule has 0 spiro atoms. The van der Waals surface area contributed by atoms with Gasteiger partial charge in [-0.05, 0) is 45.1 Å². The Morgan fingerprint density at radius 2 is 2.12 bits per heavy atom. The van der Waals surface area contributed by atoms with Crippen LogP contribution >= 0.6 is 0 Å². The third-order valence-electron chi connectivity index (χ3n) is 4.51. The highest BCUT2D eigenvalue weighted by Crippen LogP contribution is 2.22. The largest absolute Gasteiger partial charge is 0.317 e. The molecule has 0 saturated carbocycles. The van der Waals surface area contributed by atoms with Crippen LogP contribution in [0.5, 0.6) is 0 Å². The standard InChI is InChI=1S/C16H18FN7O/c1-22-7-4-12(5-8-22)24-10-11(9-18-24)19-16(25)15-21-20-14-13(17)3-2-6-23(14)15/h2-3,6,9-10,12H,4-5,7-8H2,1H3,(H,19,25). The smallest absolute Gasteiger partial charge is 0.294 e. The summed E-state index contributed by atoms with van der Waals surface area (Å²) in [5.74, 6) is -0.952. The maximum Gasteiger partial charge on any atom is 0.294 e. The molecule has 0 radical (unpaired) electrons. The topological polar surface area (TPSA) is 80.3 Å². The summed E-state index contributed by atoms with van der Waals surface area (Å²) >= 11 is 0. The van der Waals surface area contributed by atoms with Crippen LogP contribution in [0.2, 0.25) is 0 Å². The predicted molar refractivity (Wildman–Crippen MR) is 88.9 cm³/mol. The molecule has 3 aromatic heterocycles. The van der Waals surface area contributed by atoms with Crippen molar-refractivity contribution >= 4 is 17.2 Å². The van der Waals surface area contributed by atoms with E-state index in [0.717, 1.165) is 25.9 Å². The first-order valence-corrected chi connectivity index (χ1v) is 8.15. The molecule has 1 N–H and O–H groups in total. The van der Waals surface area contributed by atoms with E-state index in [9.17, 15) is 9.18 Å². The number of amides is 1. The molecule has 1 amide bonds. The average molecular weight is 343 g/mol. The Kier molecular flexibility index (Phi) is 3.92. The fraction of sp³-hybridized carbons (Fsp3) is 0.375. The first kappa shape index (κ1) is 15.7. The van der Waals surface area contributed by atoms with Crippen molar-refractivity contribution in [2.24, 2.45) is 0 Å². The van der Waals surface area contributed by atoms with Gasteiger partial charge in [0.15, 0.2) is 11.5 Å². The van der Waals surface area contributed by atoms with Gasteiger partial charge in [0.1, 0.15) is 0 Å². The fourth-order valence-electron chi connectivity index (χ4n) is 3.09. The van der Waals surface area contributed by atoms with Gasteiger partial charge in [0, 0.05) is 12.4 Å². The Morgan fingerprint density at radius 3 is 2.92 bits per heavy atom. The third kappa shape index (κ3) is 2.98. The van der Waals surface area contributed by atoms with Crippen molar-refractivity contribution in [3.05, 3.63) is 42.4 Å². The zero-order valence-corrected chi connectivity index (χ0v) is 13.8. The van der Waals surface area contributed by atoms with E-state index < -0.39 is 11.7 Å². The van der Waals surface area contributed by atoms with Gasteiger partial charge < -0.3 is 10.2 Å². The van der Waals surface area contributed by atoms with Crippen LogP contribution < -0.4 is 5.32 Å². The Labute approximate surface area is 143 Å². The molecule has 25 heavy (non-hydrogen) atoms. The molecule has 130 valence electrons. The molecule has 0 aliphatic carbocycles. The van der Waals surface area contributed by atoms with Crippen molar-refractivity contribution in [1.29, 1.82) is 0 Å². The number of hydrogen-bond donors (Lipinski definition) is 1. The number of likely N-dealkylation sites (tertiary alicyclic amines) is 1. The first-order chi connectivity index (χ1) is 12.1. The van der Waals surface area contributed by atoms with E-state index in [4.69, 9.17) is 0 Å². The van der Waals surface area contributed by atoms with Crippen LogP contribution in [0.4, 0.5) is 10.1 Å².